The van der Waals surface area contributed by atoms with Crippen LogP contribution in [0.2, 0.25) is 0 Å². The van der Waals surface area contributed by atoms with Crippen molar-refractivity contribution >= 4 is 21.5 Å². The van der Waals surface area contributed by atoms with Gasteiger partial charge in [0.1, 0.15) is 13.1 Å². The van der Waals surface area contributed by atoms with E-state index >= 15 is 0 Å². The quantitative estimate of drug-likeness (QED) is 0.0344. The lowest BCUT2D eigenvalue weighted by molar-refractivity contribution is -0.696. The number of rotatable bonds is 33. The van der Waals surface area contributed by atoms with Gasteiger partial charge in [-0.3, -0.25) is 0 Å². The zero-order valence-electron chi connectivity index (χ0n) is 33.6. The molecule has 2 nitrogen and oxygen atoms in total. The van der Waals surface area contributed by atoms with Gasteiger partial charge < -0.3 is 0 Å². The summed E-state index contributed by atoms with van der Waals surface area (Å²) in [5.41, 5.74) is 0. The Morgan fingerprint density at radius 1 is 0.231 bits per heavy atom. The highest BCUT2D eigenvalue weighted by atomic mass is 14.9. The van der Waals surface area contributed by atoms with E-state index in [1.807, 2.05) is 0 Å². The lowest BCUT2D eigenvalue weighted by Gasteiger charge is -2.05. The molecule has 2 heteroatoms. The van der Waals surface area contributed by atoms with Gasteiger partial charge in [-0.05, 0) is 35.7 Å². The first kappa shape index (κ1) is 42.0. The molecule has 286 valence electrons. The van der Waals surface area contributed by atoms with Gasteiger partial charge in [0.15, 0.2) is 24.8 Å². The number of hydrogen-bond donors (Lipinski definition) is 0. The summed E-state index contributed by atoms with van der Waals surface area (Å²) in [7, 11) is 0. The number of aromatic nitrogens is 2. The van der Waals surface area contributed by atoms with E-state index in [4.69, 9.17) is 0 Å². The molecular formula is C50H78N2+2. The number of unbranched alkanes of at least 4 members (excludes halogenated alkanes) is 29. The molecule has 0 amide bonds. The van der Waals surface area contributed by atoms with Crippen LogP contribution in [0.1, 0.15) is 193 Å². The van der Waals surface area contributed by atoms with Crippen LogP contribution < -0.4 is 9.13 Å². The molecule has 2 aromatic carbocycles. The fraction of sp³-hybridized carbons (Fsp3) is 0.640. The molecule has 4 rings (SSSR count). The summed E-state index contributed by atoms with van der Waals surface area (Å²) >= 11 is 0. The monoisotopic (exact) mass is 707 g/mol. The van der Waals surface area contributed by atoms with Crippen molar-refractivity contribution in [3.8, 4) is 0 Å². The van der Waals surface area contributed by atoms with Gasteiger partial charge in [-0.1, -0.05) is 203 Å². The van der Waals surface area contributed by atoms with Crippen molar-refractivity contribution in [2.45, 2.75) is 206 Å². The van der Waals surface area contributed by atoms with Crippen LogP contribution in [-0.4, -0.2) is 0 Å². The molecule has 0 aliphatic carbocycles. The van der Waals surface area contributed by atoms with E-state index in [1.165, 1.54) is 214 Å². The smallest absolute Gasteiger partial charge is 0.176 e. The van der Waals surface area contributed by atoms with E-state index in [0.717, 1.165) is 13.1 Å². The number of pyridine rings is 2. The van der Waals surface area contributed by atoms with Gasteiger partial charge in [-0.2, -0.15) is 0 Å². The number of nitrogens with zero attached hydrogens (tertiary/aromatic N) is 2. The van der Waals surface area contributed by atoms with Crippen molar-refractivity contribution < 1.29 is 9.13 Å². The van der Waals surface area contributed by atoms with E-state index in [0.29, 0.717) is 0 Å². The Morgan fingerprint density at radius 2 is 0.442 bits per heavy atom. The molecule has 0 saturated carbocycles. The van der Waals surface area contributed by atoms with Crippen LogP contribution in [0.3, 0.4) is 0 Å². The lowest BCUT2D eigenvalue weighted by atomic mass is 10.0. The van der Waals surface area contributed by atoms with Crippen LogP contribution in [0.5, 0.6) is 0 Å². The van der Waals surface area contributed by atoms with Crippen molar-refractivity contribution in [3.63, 3.8) is 0 Å². The summed E-state index contributed by atoms with van der Waals surface area (Å²) in [5.74, 6) is 0. The molecule has 0 saturated heterocycles. The van der Waals surface area contributed by atoms with Gasteiger partial charge in [0, 0.05) is 35.7 Å². The molecule has 0 bridgehead atoms. The van der Waals surface area contributed by atoms with E-state index in [9.17, 15) is 0 Å². The Hall–Kier alpha value is -2.74. The maximum Gasteiger partial charge on any atom is 0.176 e. The maximum absolute atomic E-state index is 2.37. The van der Waals surface area contributed by atoms with Gasteiger partial charge in [0.2, 0.25) is 0 Å². The molecule has 52 heavy (non-hydrogen) atoms. The molecule has 0 fully saturated rings. The molecule has 2 heterocycles. The summed E-state index contributed by atoms with van der Waals surface area (Å²) in [5, 5.41) is 5.38. The van der Waals surface area contributed by atoms with Gasteiger partial charge in [-0.25, -0.2) is 9.13 Å². The Labute approximate surface area is 320 Å². The molecule has 0 aliphatic heterocycles. The van der Waals surface area contributed by atoms with Crippen molar-refractivity contribution in [3.05, 3.63) is 85.5 Å². The van der Waals surface area contributed by atoms with Crippen LogP contribution in [0.15, 0.2) is 85.5 Å². The fourth-order valence-electron chi connectivity index (χ4n) is 8.17. The van der Waals surface area contributed by atoms with Gasteiger partial charge in [-0.15, -0.1) is 0 Å². The fourth-order valence-corrected chi connectivity index (χ4v) is 8.17. The van der Waals surface area contributed by atoms with E-state index < -0.39 is 0 Å². The summed E-state index contributed by atoms with van der Waals surface area (Å²) in [6.45, 7) is 2.31. The average Bonchev–Trinajstić information content (AvgIpc) is 3.18. The third-order valence-corrected chi connectivity index (χ3v) is 11.6. The van der Waals surface area contributed by atoms with E-state index in [-0.39, 0.29) is 0 Å². The Kier molecular flexibility index (Phi) is 23.2. The van der Waals surface area contributed by atoms with E-state index in [2.05, 4.69) is 94.6 Å². The number of hydrogen-bond acceptors (Lipinski definition) is 0. The maximum atomic E-state index is 2.37. The molecule has 0 radical (unpaired) electrons. The van der Waals surface area contributed by atoms with E-state index in [1.54, 1.807) is 0 Å². The first-order valence-electron chi connectivity index (χ1n) is 22.6. The zero-order valence-corrected chi connectivity index (χ0v) is 33.6. The van der Waals surface area contributed by atoms with Crippen LogP contribution in [0.25, 0.3) is 21.5 Å². The van der Waals surface area contributed by atoms with Crippen LogP contribution in [0, 0.1) is 0 Å². The van der Waals surface area contributed by atoms with Gasteiger partial charge in [0.05, 0.1) is 0 Å². The molecule has 0 unspecified atom stereocenters. The number of benzene rings is 2. The van der Waals surface area contributed by atoms with Gasteiger partial charge in [0.25, 0.3) is 0 Å². The second-order valence-electron chi connectivity index (χ2n) is 16.2. The normalized spacial score (nSPS) is 11.6. The molecule has 0 atom stereocenters. The molecule has 0 N–H and O–H groups in total. The molecule has 0 spiro atoms. The molecule has 2 aromatic heterocycles. The first-order chi connectivity index (χ1) is 25.9. The minimum absolute atomic E-state index is 1.15. The van der Waals surface area contributed by atoms with Crippen LogP contribution >= 0.6 is 0 Å². The summed E-state index contributed by atoms with van der Waals surface area (Å²) in [4.78, 5) is 0. The van der Waals surface area contributed by atoms with Crippen molar-refractivity contribution in [2.75, 3.05) is 0 Å². The highest BCUT2D eigenvalue weighted by molar-refractivity contribution is 5.80. The zero-order chi connectivity index (χ0) is 36.0. The molecular weight excluding hydrogens is 629 g/mol. The average molecular weight is 707 g/mol. The van der Waals surface area contributed by atoms with Crippen molar-refractivity contribution in [1.82, 2.24) is 0 Å². The molecule has 0 aliphatic rings. The third kappa shape index (κ3) is 19.4. The summed E-state index contributed by atoms with van der Waals surface area (Å²) < 4.78 is 4.73. The number of aryl methyl sites for hydroxylation is 2. The first-order valence-corrected chi connectivity index (χ1v) is 22.6. The standard InChI is InChI=1S/C50H78N2/c1(3-5-7-9-11-13-15-17-19-21-23-25-27-33-41-51-43-39-47-35-29-31-37-49(47)45-51)2-4-6-8-10-12-14-16-18-20-22-24-26-28-34-42-52-44-40-48-36-30-32-38-50(48)46-52/h29-32,35-40,43-46H,1-28,33-34,41-42H2/q+2. The minimum atomic E-state index is 1.15. The summed E-state index contributed by atoms with van der Waals surface area (Å²) in [6.07, 6.45) is 52.4. The molecule has 4 aromatic rings. The lowest BCUT2D eigenvalue weighted by Crippen LogP contribution is -2.32. The second kappa shape index (κ2) is 28.7. The minimum Gasteiger partial charge on any atom is -0.205 e. The Morgan fingerprint density at radius 3 is 0.692 bits per heavy atom. The summed E-state index contributed by atoms with van der Waals surface area (Å²) in [6, 6.07) is 21.8. The topological polar surface area (TPSA) is 7.76 Å². The Balaban J connectivity index is 0.770. The predicted octanol–water partition coefficient (Wildman–Crippen LogP) is 15.0. The Bertz CT molecular complexity index is 1320. The van der Waals surface area contributed by atoms with Crippen LogP contribution in [0.4, 0.5) is 0 Å². The van der Waals surface area contributed by atoms with Crippen LogP contribution in [-0.2, 0) is 13.1 Å². The highest BCUT2D eigenvalue weighted by Gasteiger charge is 2.04. The third-order valence-electron chi connectivity index (χ3n) is 11.6. The van der Waals surface area contributed by atoms with Gasteiger partial charge >= 0.3 is 0 Å². The largest absolute Gasteiger partial charge is 0.205 e. The highest BCUT2D eigenvalue weighted by Crippen LogP contribution is 2.17. The number of fused-ring (bicyclic) bond motifs is 2. The van der Waals surface area contributed by atoms with Crippen molar-refractivity contribution in [1.29, 1.82) is 0 Å². The predicted molar refractivity (Wildman–Crippen MR) is 227 cm³/mol. The SMILES string of the molecule is c1ccc2c[n+](CCCCCCCCCCCCCCCCCCCCCCCCCCCCCCCC[n+]3ccc4ccccc4c3)ccc2c1. The second-order valence-corrected chi connectivity index (χ2v) is 16.2. The van der Waals surface area contributed by atoms with Crippen molar-refractivity contribution in [2.24, 2.45) is 0 Å².